The Bertz CT molecular complexity index is 1490. The molecule has 38 heavy (non-hydrogen) atoms. The van der Waals surface area contributed by atoms with Crippen molar-refractivity contribution in [2.24, 2.45) is 0 Å². The van der Waals surface area contributed by atoms with Gasteiger partial charge in [-0.15, -0.1) is 0 Å². The molecule has 0 unspecified atom stereocenters. The highest BCUT2D eigenvalue weighted by Gasteiger charge is 2.39. The molecule has 2 saturated heterocycles. The first kappa shape index (κ1) is 26.1. The molecule has 2 fully saturated rings. The molecule has 1 atom stereocenters. The number of carbonyl (C=O) groups is 3. The number of carboxylic acid groups (broad SMARTS) is 1. The molecule has 198 valence electrons. The van der Waals surface area contributed by atoms with Crippen molar-refractivity contribution in [2.45, 2.75) is 31.6 Å². The van der Waals surface area contributed by atoms with Crippen molar-refractivity contribution in [1.29, 1.82) is 0 Å². The highest BCUT2D eigenvalue weighted by molar-refractivity contribution is 8.18. The fourth-order valence-corrected chi connectivity index (χ4v) is 5.75. The van der Waals surface area contributed by atoms with Gasteiger partial charge in [0.25, 0.3) is 11.1 Å². The Labute approximate surface area is 223 Å². The number of benzene rings is 2. The maximum atomic E-state index is 13.5. The van der Waals surface area contributed by atoms with Crippen LogP contribution in [0.3, 0.4) is 0 Å². The zero-order valence-electron chi connectivity index (χ0n) is 19.6. The fraction of sp³-hybridized carbons (Fsp3) is 0.280. The molecule has 3 amide bonds. The third-order valence-corrected chi connectivity index (χ3v) is 7.69. The van der Waals surface area contributed by atoms with Gasteiger partial charge < -0.3 is 10.0 Å². The van der Waals surface area contributed by atoms with E-state index in [1.165, 1.54) is 27.9 Å². The molecule has 0 spiro atoms. The Morgan fingerprint density at radius 2 is 2.00 bits per heavy atom. The van der Waals surface area contributed by atoms with Crippen LogP contribution < -0.4 is 0 Å². The van der Waals surface area contributed by atoms with Crippen molar-refractivity contribution in [3.05, 3.63) is 69.2 Å². The molecular weight excluding hydrogens is 545 g/mol. The fourth-order valence-electron chi connectivity index (χ4n) is 4.73. The van der Waals surface area contributed by atoms with E-state index in [0.717, 1.165) is 22.7 Å². The summed E-state index contributed by atoms with van der Waals surface area (Å²) in [7, 11) is 0. The summed E-state index contributed by atoms with van der Waals surface area (Å²) in [5.41, 5.74) is 0.393. The summed E-state index contributed by atoms with van der Waals surface area (Å²) in [6.07, 6.45) is -1.31. The Morgan fingerprint density at radius 3 is 2.74 bits per heavy atom. The lowest BCUT2D eigenvalue weighted by atomic mass is 10.1. The molecule has 3 aromatic rings. The van der Waals surface area contributed by atoms with Crippen LogP contribution in [0.1, 0.15) is 29.5 Å². The molecule has 5 rings (SSSR count). The summed E-state index contributed by atoms with van der Waals surface area (Å²) < 4.78 is 41.9. The van der Waals surface area contributed by atoms with Gasteiger partial charge >= 0.3 is 12.3 Å². The molecule has 2 aliphatic rings. The van der Waals surface area contributed by atoms with Crippen molar-refractivity contribution < 1.29 is 32.7 Å². The van der Waals surface area contributed by atoms with E-state index in [1.807, 2.05) is 0 Å². The molecule has 8 nitrogen and oxygen atoms in total. The average Bonchev–Trinajstić information content (AvgIpc) is 3.54. The van der Waals surface area contributed by atoms with Crippen LogP contribution in [0, 0.1) is 0 Å². The van der Waals surface area contributed by atoms with Crippen molar-refractivity contribution in [3.8, 4) is 0 Å². The van der Waals surface area contributed by atoms with Gasteiger partial charge in [0.15, 0.2) is 0 Å². The Hall–Kier alpha value is -3.51. The molecule has 0 saturated carbocycles. The predicted octanol–water partition coefficient (Wildman–Crippen LogP) is 5.94. The Balaban J connectivity index is 1.35. The zero-order valence-corrected chi connectivity index (χ0v) is 21.2. The number of amides is 3. The zero-order chi connectivity index (χ0) is 27.2. The van der Waals surface area contributed by atoms with E-state index in [1.54, 1.807) is 24.3 Å². The van der Waals surface area contributed by atoms with E-state index >= 15 is 0 Å². The van der Waals surface area contributed by atoms with E-state index in [4.69, 9.17) is 11.6 Å². The molecule has 3 heterocycles. The SMILES string of the molecule is O=C1SC(=Cc2ccc3c(cnn3Cc3ccc(Cl)cc3C(F)(F)F)c2)C(=O)N1C[C@@H]1CCCN1C(=O)O. The molecule has 1 N–H and O–H groups in total. The van der Waals surface area contributed by atoms with Crippen molar-refractivity contribution in [3.63, 3.8) is 0 Å². The first-order chi connectivity index (χ1) is 18.0. The number of hydrogen-bond donors (Lipinski definition) is 1. The second-order valence-electron chi connectivity index (χ2n) is 8.98. The number of imide groups is 1. The smallest absolute Gasteiger partial charge is 0.416 e. The van der Waals surface area contributed by atoms with Gasteiger partial charge in [-0.2, -0.15) is 18.3 Å². The highest BCUT2D eigenvalue weighted by atomic mass is 35.5. The third kappa shape index (κ3) is 5.10. The number of fused-ring (bicyclic) bond motifs is 1. The number of likely N-dealkylation sites (tertiary alicyclic amines) is 1. The van der Waals surface area contributed by atoms with Gasteiger partial charge in [-0.3, -0.25) is 19.2 Å². The molecule has 13 heteroatoms. The van der Waals surface area contributed by atoms with E-state index in [2.05, 4.69) is 5.10 Å². The van der Waals surface area contributed by atoms with Crippen LogP contribution in [0.2, 0.25) is 5.02 Å². The molecule has 0 bridgehead atoms. The summed E-state index contributed by atoms with van der Waals surface area (Å²) >= 11 is 6.55. The second kappa shape index (κ2) is 9.99. The van der Waals surface area contributed by atoms with Crippen molar-refractivity contribution in [1.82, 2.24) is 19.6 Å². The van der Waals surface area contributed by atoms with Crippen LogP contribution in [-0.4, -0.2) is 61.1 Å². The van der Waals surface area contributed by atoms with E-state index < -0.39 is 35.0 Å². The lowest BCUT2D eigenvalue weighted by Crippen LogP contribution is -2.44. The van der Waals surface area contributed by atoms with Gasteiger partial charge in [0.05, 0.1) is 41.3 Å². The minimum atomic E-state index is -4.57. The number of aromatic nitrogens is 2. The standard InChI is InChI=1S/C25H20ClF3N4O4S/c26-17-5-4-15(19(10-17)25(27,28)29)12-33-20-6-3-14(8-16(20)11-30-33)9-21-22(34)32(24(37)38-21)13-18-2-1-7-31(18)23(35)36/h3-6,8-11,18H,1-2,7,12-13H2,(H,35,36)/t18-/m0/s1. The van der Waals surface area contributed by atoms with Gasteiger partial charge in [-0.05, 0) is 66.1 Å². The quantitative estimate of drug-likeness (QED) is 0.386. The maximum Gasteiger partial charge on any atom is 0.416 e. The number of carbonyl (C=O) groups excluding carboxylic acids is 2. The van der Waals surface area contributed by atoms with Gasteiger partial charge in [-0.1, -0.05) is 23.7 Å². The van der Waals surface area contributed by atoms with E-state index in [0.29, 0.717) is 35.9 Å². The summed E-state index contributed by atoms with van der Waals surface area (Å²) in [4.78, 5) is 39.4. The molecular formula is C25H20ClF3N4O4S. The topological polar surface area (TPSA) is 95.7 Å². The Morgan fingerprint density at radius 1 is 1.21 bits per heavy atom. The number of hydrogen-bond acceptors (Lipinski definition) is 5. The van der Waals surface area contributed by atoms with Crippen LogP contribution >= 0.6 is 23.4 Å². The van der Waals surface area contributed by atoms with Crippen molar-refractivity contribution >= 4 is 57.6 Å². The largest absolute Gasteiger partial charge is 0.465 e. The lowest BCUT2D eigenvalue weighted by Gasteiger charge is -2.24. The van der Waals surface area contributed by atoms with Gasteiger partial charge in [-0.25, -0.2) is 4.79 Å². The number of nitrogens with zero attached hydrogens (tertiary/aromatic N) is 4. The number of alkyl halides is 3. The van der Waals surface area contributed by atoms with Gasteiger partial charge in [0.2, 0.25) is 0 Å². The summed E-state index contributed by atoms with van der Waals surface area (Å²) in [5, 5.41) is 13.7. The molecule has 0 aliphatic carbocycles. The normalized spacial score (nSPS) is 19.4. The van der Waals surface area contributed by atoms with Gasteiger partial charge in [0.1, 0.15) is 0 Å². The Kier molecular flexibility index (Phi) is 6.86. The van der Waals surface area contributed by atoms with Crippen molar-refractivity contribution in [2.75, 3.05) is 13.1 Å². The number of rotatable bonds is 5. The average molecular weight is 565 g/mol. The monoisotopic (exact) mass is 564 g/mol. The maximum absolute atomic E-state index is 13.5. The summed E-state index contributed by atoms with van der Waals surface area (Å²) in [6.45, 7) is 0.252. The number of thioether (sulfide) groups is 1. The summed E-state index contributed by atoms with van der Waals surface area (Å²) in [5.74, 6) is -0.490. The minimum absolute atomic E-state index is 0.00469. The predicted molar refractivity (Wildman–Crippen MR) is 136 cm³/mol. The van der Waals surface area contributed by atoms with Crippen LogP contribution in [-0.2, 0) is 17.5 Å². The highest BCUT2D eigenvalue weighted by Crippen LogP contribution is 2.36. The van der Waals surface area contributed by atoms with E-state index in [9.17, 15) is 32.7 Å². The van der Waals surface area contributed by atoms with Crippen LogP contribution in [0.4, 0.5) is 22.8 Å². The molecule has 2 aromatic carbocycles. The number of halogens is 4. The first-order valence-corrected chi connectivity index (χ1v) is 12.8. The van der Waals surface area contributed by atoms with Gasteiger partial charge in [0, 0.05) is 17.0 Å². The molecule has 2 aliphatic heterocycles. The third-order valence-electron chi connectivity index (χ3n) is 6.55. The van der Waals surface area contributed by atoms with Crippen LogP contribution in [0.5, 0.6) is 0 Å². The summed E-state index contributed by atoms with van der Waals surface area (Å²) in [6, 6.07) is 8.28. The molecule has 1 aromatic heterocycles. The lowest BCUT2D eigenvalue weighted by molar-refractivity contribution is -0.138. The van der Waals surface area contributed by atoms with E-state index in [-0.39, 0.29) is 28.6 Å². The molecule has 0 radical (unpaired) electrons. The van der Waals surface area contributed by atoms with Crippen LogP contribution in [0.15, 0.2) is 47.5 Å². The minimum Gasteiger partial charge on any atom is -0.465 e. The first-order valence-electron chi connectivity index (χ1n) is 11.6. The van der Waals surface area contributed by atoms with Crippen LogP contribution in [0.25, 0.3) is 17.0 Å². The second-order valence-corrected chi connectivity index (χ2v) is 10.4.